The molecule has 0 radical (unpaired) electrons. The number of carbonyl (C=O) groups excluding carboxylic acids is 1. The summed E-state index contributed by atoms with van der Waals surface area (Å²) in [5, 5.41) is 13.8. The number of rotatable bonds is 7. The minimum absolute atomic E-state index is 0.127. The number of nitro benzene ring substituents is 1. The van der Waals surface area contributed by atoms with Crippen LogP contribution in [-0.2, 0) is 4.79 Å². The van der Waals surface area contributed by atoms with Crippen LogP contribution in [0.25, 0.3) is 6.08 Å². The van der Waals surface area contributed by atoms with E-state index in [2.05, 4.69) is 10.3 Å². The third-order valence-corrected chi connectivity index (χ3v) is 3.00. The number of anilines is 1. The molecule has 24 heavy (non-hydrogen) atoms. The van der Waals surface area contributed by atoms with E-state index < -0.39 is 4.92 Å². The summed E-state index contributed by atoms with van der Waals surface area (Å²) >= 11 is 0. The van der Waals surface area contributed by atoms with Crippen LogP contribution in [0.4, 0.5) is 11.4 Å². The van der Waals surface area contributed by atoms with Crippen LogP contribution in [0.2, 0.25) is 0 Å². The van der Waals surface area contributed by atoms with Crippen molar-refractivity contribution in [2.75, 3.05) is 11.9 Å². The summed E-state index contributed by atoms with van der Waals surface area (Å²) in [7, 11) is 0. The molecule has 1 heterocycles. The number of hydrogen-bond donors (Lipinski definition) is 1. The van der Waals surface area contributed by atoms with Crippen LogP contribution < -0.4 is 10.1 Å². The van der Waals surface area contributed by atoms with Crippen LogP contribution >= 0.6 is 0 Å². The fourth-order valence-corrected chi connectivity index (χ4v) is 1.91. The van der Waals surface area contributed by atoms with E-state index in [0.717, 1.165) is 6.42 Å². The third kappa shape index (κ3) is 4.91. The number of nitrogens with one attached hydrogen (secondary N) is 1. The lowest BCUT2D eigenvalue weighted by Crippen LogP contribution is -2.07. The summed E-state index contributed by atoms with van der Waals surface area (Å²) in [6.07, 6.45) is 6.69. The Morgan fingerprint density at radius 1 is 1.42 bits per heavy atom. The summed E-state index contributed by atoms with van der Waals surface area (Å²) in [5.74, 6) is -0.129. The molecule has 1 N–H and O–H groups in total. The highest BCUT2D eigenvalue weighted by Gasteiger charge is 2.15. The Morgan fingerprint density at radius 2 is 2.25 bits per heavy atom. The molecule has 124 valence electrons. The number of pyridine rings is 1. The molecule has 0 spiro atoms. The molecule has 0 aliphatic heterocycles. The molecular formula is C17H17N3O4. The second-order valence-electron chi connectivity index (χ2n) is 4.90. The zero-order valence-electron chi connectivity index (χ0n) is 13.1. The molecule has 2 rings (SSSR count). The van der Waals surface area contributed by atoms with E-state index in [1.807, 2.05) is 6.92 Å². The van der Waals surface area contributed by atoms with Gasteiger partial charge in [-0.05, 0) is 36.3 Å². The largest absolute Gasteiger partial charge is 0.487 e. The van der Waals surface area contributed by atoms with E-state index in [9.17, 15) is 14.9 Å². The lowest BCUT2D eigenvalue weighted by atomic mass is 10.1. The molecule has 1 aromatic heterocycles. The predicted molar refractivity (Wildman–Crippen MR) is 90.8 cm³/mol. The molecule has 7 heteroatoms. The number of benzene rings is 1. The molecule has 0 bridgehead atoms. The Morgan fingerprint density at radius 3 is 2.92 bits per heavy atom. The molecule has 0 saturated carbocycles. The number of nitrogens with zero attached hydrogens (tertiary/aromatic N) is 2. The van der Waals surface area contributed by atoms with E-state index in [4.69, 9.17) is 4.74 Å². The minimum Gasteiger partial charge on any atom is -0.487 e. The standard InChI is InChI=1S/C17H17N3O4/c1-2-10-24-16-7-5-13(11-15(16)20(22)23)6-8-17(21)19-14-4-3-9-18-12-14/h3-9,11-12H,2,10H2,1H3,(H,19,21)/b8-6+. The highest BCUT2D eigenvalue weighted by atomic mass is 16.6. The second kappa shape index (κ2) is 8.42. The van der Waals surface area contributed by atoms with Gasteiger partial charge in [-0.1, -0.05) is 13.0 Å². The zero-order chi connectivity index (χ0) is 17.4. The maximum atomic E-state index is 11.8. The lowest BCUT2D eigenvalue weighted by molar-refractivity contribution is -0.385. The van der Waals surface area contributed by atoms with Crippen molar-refractivity contribution in [1.29, 1.82) is 0 Å². The highest BCUT2D eigenvalue weighted by molar-refractivity contribution is 6.01. The van der Waals surface area contributed by atoms with Crippen LogP contribution in [0.1, 0.15) is 18.9 Å². The molecule has 0 unspecified atom stereocenters. The second-order valence-corrected chi connectivity index (χ2v) is 4.90. The van der Waals surface area contributed by atoms with Gasteiger partial charge in [0.05, 0.1) is 23.4 Å². The van der Waals surface area contributed by atoms with Gasteiger partial charge in [0.15, 0.2) is 5.75 Å². The molecule has 0 aliphatic rings. The molecule has 1 amide bonds. The number of ether oxygens (including phenoxy) is 1. The van der Waals surface area contributed by atoms with Crippen LogP contribution in [-0.4, -0.2) is 22.4 Å². The Bertz CT molecular complexity index is 745. The number of aromatic nitrogens is 1. The normalized spacial score (nSPS) is 10.5. The van der Waals surface area contributed by atoms with Crippen LogP contribution in [0.5, 0.6) is 5.75 Å². The van der Waals surface area contributed by atoms with Crippen molar-refractivity contribution in [3.8, 4) is 5.75 Å². The average molecular weight is 327 g/mol. The lowest BCUT2D eigenvalue weighted by Gasteiger charge is -2.06. The molecule has 1 aromatic carbocycles. The van der Waals surface area contributed by atoms with Gasteiger partial charge in [0.2, 0.25) is 5.91 Å². The molecule has 0 atom stereocenters. The Hall–Kier alpha value is -3.22. The van der Waals surface area contributed by atoms with Crippen molar-refractivity contribution in [3.63, 3.8) is 0 Å². The number of carbonyl (C=O) groups is 1. The van der Waals surface area contributed by atoms with E-state index >= 15 is 0 Å². The average Bonchev–Trinajstić information content (AvgIpc) is 2.59. The number of nitro groups is 1. The van der Waals surface area contributed by atoms with Gasteiger partial charge in [-0.15, -0.1) is 0 Å². The monoisotopic (exact) mass is 327 g/mol. The Labute approximate surface area is 139 Å². The van der Waals surface area contributed by atoms with E-state index in [-0.39, 0.29) is 17.3 Å². The van der Waals surface area contributed by atoms with Gasteiger partial charge in [-0.25, -0.2) is 0 Å². The highest BCUT2D eigenvalue weighted by Crippen LogP contribution is 2.28. The molecular weight excluding hydrogens is 310 g/mol. The van der Waals surface area contributed by atoms with Gasteiger partial charge in [-0.3, -0.25) is 19.9 Å². The summed E-state index contributed by atoms with van der Waals surface area (Å²) in [6.45, 7) is 2.33. The SMILES string of the molecule is CCCOc1ccc(/C=C/C(=O)Nc2cccnc2)cc1[N+](=O)[O-]. The predicted octanol–water partition coefficient (Wildman–Crippen LogP) is 3.43. The zero-order valence-corrected chi connectivity index (χ0v) is 13.1. The van der Waals surface area contributed by atoms with Gasteiger partial charge in [0, 0.05) is 18.3 Å². The molecule has 0 fully saturated rings. The maximum Gasteiger partial charge on any atom is 0.311 e. The molecule has 2 aromatic rings. The van der Waals surface area contributed by atoms with Crippen LogP contribution in [0, 0.1) is 10.1 Å². The molecule has 7 nitrogen and oxygen atoms in total. The Kier molecular flexibility index (Phi) is 6.01. The Balaban J connectivity index is 2.09. The van der Waals surface area contributed by atoms with Gasteiger partial charge < -0.3 is 10.1 Å². The summed E-state index contributed by atoms with van der Waals surface area (Å²) in [5.41, 5.74) is 0.978. The third-order valence-electron chi connectivity index (χ3n) is 3.00. The van der Waals surface area contributed by atoms with Gasteiger partial charge in [0.1, 0.15) is 0 Å². The first-order valence-electron chi connectivity index (χ1n) is 7.40. The smallest absolute Gasteiger partial charge is 0.311 e. The van der Waals surface area contributed by atoms with Crippen LogP contribution in [0.15, 0.2) is 48.8 Å². The quantitative estimate of drug-likeness (QED) is 0.477. The fraction of sp³-hybridized carbons (Fsp3) is 0.176. The van der Waals surface area contributed by atoms with Gasteiger partial charge >= 0.3 is 5.69 Å². The van der Waals surface area contributed by atoms with Gasteiger partial charge in [-0.2, -0.15) is 0 Å². The van der Waals surface area contributed by atoms with Crippen molar-refractivity contribution in [1.82, 2.24) is 4.98 Å². The molecule has 0 aliphatic carbocycles. The van der Waals surface area contributed by atoms with Crippen molar-refractivity contribution in [2.45, 2.75) is 13.3 Å². The van der Waals surface area contributed by atoms with Crippen molar-refractivity contribution in [2.24, 2.45) is 0 Å². The topological polar surface area (TPSA) is 94.4 Å². The van der Waals surface area contributed by atoms with Gasteiger partial charge in [0.25, 0.3) is 0 Å². The summed E-state index contributed by atoms with van der Waals surface area (Å²) in [6, 6.07) is 7.98. The summed E-state index contributed by atoms with van der Waals surface area (Å²) in [4.78, 5) is 26.4. The maximum absolute atomic E-state index is 11.8. The van der Waals surface area contributed by atoms with Crippen molar-refractivity contribution >= 4 is 23.4 Å². The number of hydrogen-bond acceptors (Lipinski definition) is 5. The first kappa shape index (κ1) is 17.1. The summed E-state index contributed by atoms with van der Waals surface area (Å²) < 4.78 is 5.36. The minimum atomic E-state index is -0.502. The van der Waals surface area contributed by atoms with E-state index in [1.165, 1.54) is 30.5 Å². The fourth-order valence-electron chi connectivity index (χ4n) is 1.91. The number of amides is 1. The molecule has 0 saturated heterocycles. The van der Waals surface area contributed by atoms with Crippen molar-refractivity contribution in [3.05, 3.63) is 64.5 Å². The van der Waals surface area contributed by atoms with E-state index in [0.29, 0.717) is 17.9 Å². The van der Waals surface area contributed by atoms with E-state index in [1.54, 1.807) is 24.4 Å². The first-order valence-corrected chi connectivity index (χ1v) is 7.40. The van der Waals surface area contributed by atoms with Crippen molar-refractivity contribution < 1.29 is 14.5 Å². The van der Waals surface area contributed by atoms with Crippen LogP contribution in [0.3, 0.4) is 0 Å². The first-order chi connectivity index (χ1) is 11.6.